The van der Waals surface area contributed by atoms with Crippen molar-refractivity contribution < 1.29 is 0 Å². The van der Waals surface area contributed by atoms with Crippen LogP contribution in [0, 0.1) is 13.8 Å². The first kappa shape index (κ1) is 15.2. The number of rotatable bonds is 4. The normalized spacial score (nSPS) is 11.0. The highest BCUT2D eigenvalue weighted by Crippen LogP contribution is 2.23. The van der Waals surface area contributed by atoms with Crippen molar-refractivity contribution in [2.24, 2.45) is 0 Å². The zero-order chi connectivity index (χ0) is 16.4. The van der Waals surface area contributed by atoms with E-state index in [1.807, 2.05) is 61.0 Å². The Labute approximate surface area is 136 Å². The van der Waals surface area contributed by atoms with Gasteiger partial charge in [-0.2, -0.15) is 0 Å². The van der Waals surface area contributed by atoms with E-state index in [0.717, 1.165) is 28.6 Å². The first-order valence-corrected chi connectivity index (χ1v) is 7.77. The monoisotopic (exact) mass is 307 g/mol. The third kappa shape index (κ3) is 3.39. The van der Waals surface area contributed by atoms with Crippen LogP contribution < -0.4 is 5.32 Å². The lowest BCUT2D eigenvalue weighted by atomic mass is 10.2. The molecule has 2 heterocycles. The SMILES string of the molecule is Cc1cc(C)nc(-n2cc(-c3ccccc3)nc2NC(C)C)n1. The third-order valence-electron chi connectivity index (χ3n) is 3.38. The minimum absolute atomic E-state index is 0.269. The van der Waals surface area contributed by atoms with Gasteiger partial charge in [0.15, 0.2) is 0 Å². The maximum atomic E-state index is 4.73. The van der Waals surface area contributed by atoms with Crippen LogP contribution in [-0.2, 0) is 0 Å². The Hall–Kier alpha value is -2.69. The number of nitrogens with zero attached hydrogens (tertiary/aromatic N) is 4. The molecule has 0 atom stereocenters. The van der Waals surface area contributed by atoms with Crippen LogP contribution in [0.15, 0.2) is 42.6 Å². The molecule has 0 saturated carbocycles. The topological polar surface area (TPSA) is 55.6 Å². The van der Waals surface area contributed by atoms with Gasteiger partial charge in [0.25, 0.3) is 0 Å². The van der Waals surface area contributed by atoms with Gasteiger partial charge in [-0.1, -0.05) is 30.3 Å². The molecule has 0 amide bonds. The lowest BCUT2D eigenvalue weighted by Gasteiger charge is -2.11. The molecule has 0 aliphatic rings. The van der Waals surface area contributed by atoms with Crippen molar-refractivity contribution in [1.82, 2.24) is 19.5 Å². The molecule has 0 aliphatic heterocycles. The highest BCUT2D eigenvalue weighted by molar-refractivity contribution is 5.61. The standard InChI is InChI=1S/C18H21N5/c1-12(2)19-17-22-16(15-8-6-5-7-9-15)11-23(17)18-20-13(3)10-14(4)21-18/h5-12H,1-4H3,(H,19,22). The van der Waals surface area contributed by atoms with Gasteiger partial charge in [0.05, 0.1) is 5.69 Å². The van der Waals surface area contributed by atoms with Crippen LogP contribution in [0.4, 0.5) is 5.95 Å². The summed E-state index contributed by atoms with van der Waals surface area (Å²) in [5, 5.41) is 3.37. The van der Waals surface area contributed by atoms with Crippen LogP contribution in [0.2, 0.25) is 0 Å². The van der Waals surface area contributed by atoms with Crippen LogP contribution in [-0.4, -0.2) is 25.6 Å². The maximum absolute atomic E-state index is 4.73. The van der Waals surface area contributed by atoms with Gasteiger partial charge in [-0.05, 0) is 33.8 Å². The smallest absolute Gasteiger partial charge is 0.236 e. The van der Waals surface area contributed by atoms with E-state index in [0.29, 0.717) is 5.95 Å². The first-order chi connectivity index (χ1) is 11.0. The van der Waals surface area contributed by atoms with Crippen molar-refractivity contribution in [3.05, 3.63) is 54.0 Å². The summed E-state index contributed by atoms with van der Waals surface area (Å²) in [5.74, 6) is 1.39. The molecule has 1 aromatic carbocycles. The molecular formula is C18H21N5. The molecule has 0 unspecified atom stereocenters. The fourth-order valence-corrected chi connectivity index (χ4v) is 2.46. The van der Waals surface area contributed by atoms with E-state index in [1.54, 1.807) is 0 Å². The molecule has 5 heteroatoms. The summed E-state index contributed by atoms with van der Waals surface area (Å²) in [5.41, 5.74) is 3.86. The summed E-state index contributed by atoms with van der Waals surface area (Å²) < 4.78 is 1.92. The second kappa shape index (κ2) is 6.20. The molecule has 1 N–H and O–H groups in total. The molecule has 0 aliphatic carbocycles. The van der Waals surface area contributed by atoms with Crippen LogP contribution in [0.25, 0.3) is 17.2 Å². The molecule has 0 saturated heterocycles. The molecule has 0 bridgehead atoms. The predicted molar refractivity (Wildman–Crippen MR) is 92.8 cm³/mol. The molecular weight excluding hydrogens is 286 g/mol. The highest BCUT2D eigenvalue weighted by Gasteiger charge is 2.14. The van der Waals surface area contributed by atoms with Crippen molar-refractivity contribution in [2.75, 3.05) is 5.32 Å². The van der Waals surface area contributed by atoms with Crippen molar-refractivity contribution in [1.29, 1.82) is 0 Å². The fraction of sp³-hybridized carbons (Fsp3) is 0.278. The van der Waals surface area contributed by atoms with Gasteiger partial charge in [0.2, 0.25) is 11.9 Å². The lowest BCUT2D eigenvalue weighted by molar-refractivity contribution is 0.838. The molecule has 3 aromatic rings. The molecule has 5 nitrogen and oxygen atoms in total. The number of anilines is 1. The summed E-state index contributed by atoms with van der Waals surface area (Å²) in [6.45, 7) is 8.12. The van der Waals surface area contributed by atoms with Gasteiger partial charge in [-0.15, -0.1) is 0 Å². The quantitative estimate of drug-likeness (QED) is 0.797. The number of imidazole rings is 1. The molecule has 118 valence electrons. The van der Waals surface area contributed by atoms with Gasteiger partial charge in [-0.25, -0.2) is 15.0 Å². The van der Waals surface area contributed by atoms with Gasteiger partial charge >= 0.3 is 0 Å². The summed E-state index contributed by atoms with van der Waals surface area (Å²) in [6.07, 6.45) is 1.98. The Bertz CT molecular complexity index is 785. The largest absolute Gasteiger partial charge is 0.353 e. The number of hydrogen-bond donors (Lipinski definition) is 1. The summed E-state index contributed by atoms with van der Waals surface area (Å²) in [4.78, 5) is 13.8. The van der Waals surface area contributed by atoms with Crippen LogP contribution >= 0.6 is 0 Å². The Morgan fingerprint density at radius 2 is 1.61 bits per heavy atom. The average Bonchev–Trinajstić information content (AvgIpc) is 2.90. The lowest BCUT2D eigenvalue weighted by Crippen LogP contribution is -2.15. The minimum atomic E-state index is 0.269. The number of nitrogens with one attached hydrogen (secondary N) is 1. The Morgan fingerprint density at radius 1 is 0.957 bits per heavy atom. The molecule has 3 rings (SSSR count). The molecule has 0 spiro atoms. The second-order valence-electron chi connectivity index (χ2n) is 5.94. The minimum Gasteiger partial charge on any atom is -0.353 e. The van der Waals surface area contributed by atoms with Crippen molar-refractivity contribution in [2.45, 2.75) is 33.7 Å². The van der Waals surface area contributed by atoms with Gasteiger partial charge < -0.3 is 5.32 Å². The Balaban J connectivity index is 2.12. The zero-order valence-electron chi connectivity index (χ0n) is 13.9. The van der Waals surface area contributed by atoms with Crippen LogP contribution in [0.1, 0.15) is 25.2 Å². The first-order valence-electron chi connectivity index (χ1n) is 7.77. The van der Waals surface area contributed by atoms with Crippen molar-refractivity contribution in [3.63, 3.8) is 0 Å². The van der Waals surface area contributed by atoms with E-state index in [-0.39, 0.29) is 6.04 Å². The molecule has 0 fully saturated rings. The van der Waals surface area contributed by atoms with E-state index in [2.05, 4.69) is 29.1 Å². The van der Waals surface area contributed by atoms with Crippen molar-refractivity contribution >= 4 is 5.95 Å². The molecule has 0 radical (unpaired) electrons. The maximum Gasteiger partial charge on any atom is 0.236 e. The Morgan fingerprint density at radius 3 is 2.22 bits per heavy atom. The van der Waals surface area contributed by atoms with E-state index in [9.17, 15) is 0 Å². The predicted octanol–water partition coefficient (Wildman–Crippen LogP) is 3.77. The van der Waals surface area contributed by atoms with E-state index in [1.165, 1.54) is 0 Å². The summed E-state index contributed by atoms with van der Waals surface area (Å²) in [6, 6.07) is 12.4. The number of aryl methyl sites for hydroxylation is 2. The third-order valence-corrected chi connectivity index (χ3v) is 3.38. The van der Waals surface area contributed by atoms with E-state index in [4.69, 9.17) is 4.98 Å². The average molecular weight is 307 g/mol. The zero-order valence-corrected chi connectivity index (χ0v) is 13.9. The van der Waals surface area contributed by atoms with Gasteiger partial charge in [0, 0.05) is 29.2 Å². The van der Waals surface area contributed by atoms with E-state index >= 15 is 0 Å². The Kier molecular flexibility index (Phi) is 4.10. The number of aromatic nitrogens is 4. The van der Waals surface area contributed by atoms with Crippen LogP contribution in [0.5, 0.6) is 0 Å². The van der Waals surface area contributed by atoms with Gasteiger partial charge in [0.1, 0.15) is 0 Å². The molecule has 23 heavy (non-hydrogen) atoms. The summed E-state index contributed by atoms with van der Waals surface area (Å²) >= 11 is 0. The second-order valence-corrected chi connectivity index (χ2v) is 5.94. The van der Waals surface area contributed by atoms with E-state index < -0.39 is 0 Å². The van der Waals surface area contributed by atoms with Gasteiger partial charge in [-0.3, -0.25) is 4.57 Å². The fourth-order valence-electron chi connectivity index (χ4n) is 2.46. The van der Waals surface area contributed by atoms with Crippen molar-refractivity contribution in [3.8, 4) is 17.2 Å². The number of hydrogen-bond acceptors (Lipinski definition) is 4. The number of benzene rings is 1. The molecule has 2 aromatic heterocycles. The van der Waals surface area contributed by atoms with Crippen LogP contribution in [0.3, 0.4) is 0 Å². The highest BCUT2D eigenvalue weighted by atomic mass is 15.3. The summed E-state index contributed by atoms with van der Waals surface area (Å²) in [7, 11) is 0.